The quantitative estimate of drug-likeness (QED) is 0.666. The van der Waals surface area contributed by atoms with E-state index in [1.807, 2.05) is 0 Å². The lowest BCUT2D eigenvalue weighted by molar-refractivity contribution is 0.0697. The number of aromatic nitrogens is 2. The van der Waals surface area contributed by atoms with Crippen LogP contribution in [0.25, 0.3) is 0 Å². The molecule has 0 aliphatic rings. The SMILES string of the molecule is C#CCCn1cc(C(=O)O)cn1. The maximum atomic E-state index is 10.4. The monoisotopic (exact) mass is 164 g/mol. The highest BCUT2D eigenvalue weighted by molar-refractivity contribution is 5.86. The molecule has 62 valence electrons. The van der Waals surface area contributed by atoms with Crippen molar-refractivity contribution in [2.75, 3.05) is 0 Å². The van der Waals surface area contributed by atoms with Gasteiger partial charge in [0, 0.05) is 12.6 Å². The molecule has 0 spiro atoms. The van der Waals surface area contributed by atoms with Gasteiger partial charge >= 0.3 is 5.97 Å². The van der Waals surface area contributed by atoms with Crippen molar-refractivity contribution >= 4 is 5.97 Å². The first kappa shape index (κ1) is 8.34. The van der Waals surface area contributed by atoms with Crippen LogP contribution < -0.4 is 0 Å². The van der Waals surface area contributed by atoms with E-state index in [-0.39, 0.29) is 5.56 Å². The van der Waals surface area contributed by atoms with Gasteiger partial charge in [0.05, 0.1) is 18.3 Å². The summed E-state index contributed by atoms with van der Waals surface area (Å²) in [5.41, 5.74) is 0.187. The minimum atomic E-state index is -0.970. The van der Waals surface area contributed by atoms with Crippen molar-refractivity contribution in [3.05, 3.63) is 18.0 Å². The van der Waals surface area contributed by atoms with Crippen molar-refractivity contribution in [1.29, 1.82) is 0 Å². The van der Waals surface area contributed by atoms with Crippen molar-refractivity contribution in [1.82, 2.24) is 9.78 Å². The van der Waals surface area contributed by atoms with Crippen LogP contribution in [0, 0.1) is 12.3 Å². The molecule has 1 N–H and O–H groups in total. The molecule has 1 heterocycles. The molecule has 1 rings (SSSR count). The summed E-state index contributed by atoms with van der Waals surface area (Å²) < 4.78 is 1.52. The fourth-order valence-electron chi connectivity index (χ4n) is 0.775. The average molecular weight is 164 g/mol. The maximum Gasteiger partial charge on any atom is 0.338 e. The molecule has 0 aromatic carbocycles. The van der Waals surface area contributed by atoms with E-state index in [9.17, 15) is 4.79 Å². The van der Waals surface area contributed by atoms with E-state index in [0.29, 0.717) is 13.0 Å². The Hall–Kier alpha value is -1.76. The molecular weight excluding hydrogens is 156 g/mol. The normalized spacial score (nSPS) is 9.25. The van der Waals surface area contributed by atoms with Crippen LogP contribution in [0.2, 0.25) is 0 Å². The number of aryl methyl sites for hydroxylation is 1. The molecule has 0 saturated carbocycles. The van der Waals surface area contributed by atoms with Crippen LogP contribution in [0.1, 0.15) is 16.8 Å². The highest BCUT2D eigenvalue weighted by atomic mass is 16.4. The fourth-order valence-corrected chi connectivity index (χ4v) is 0.775. The van der Waals surface area contributed by atoms with Gasteiger partial charge in [-0.15, -0.1) is 12.3 Å². The van der Waals surface area contributed by atoms with Gasteiger partial charge in [0.1, 0.15) is 0 Å². The predicted molar refractivity (Wildman–Crippen MR) is 42.6 cm³/mol. The summed E-state index contributed by atoms with van der Waals surface area (Å²) in [5.74, 6) is 1.48. The second-order valence-corrected chi connectivity index (χ2v) is 2.25. The summed E-state index contributed by atoms with van der Waals surface area (Å²) in [7, 11) is 0. The Kier molecular flexibility index (Phi) is 2.49. The lowest BCUT2D eigenvalue weighted by Crippen LogP contribution is -1.97. The predicted octanol–water partition coefficient (Wildman–Crippen LogP) is 0.605. The van der Waals surface area contributed by atoms with E-state index in [1.54, 1.807) is 0 Å². The molecule has 0 amide bonds. The minimum absolute atomic E-state index is 0.187. The van der Waals surface area contributed by atoms with Crippen molar-refractivity contribution in [2.45, 2.75) is 13.0 Å². The lowest BCUT2D eigenvalue weighted by atomic mass is 10.4. The second kappa shape index (κ2) is 3.58. The van der Waals surface area contributed by atoms with Gasteiger partial charge in [-0.2, -0.15) is 5.10 Å². The molecule has 0 radical (unpaired) electrons. The summed E-state index contributed by atoms with van der Waals surface area (Å²) in [4.78, 5) is 10.4. The number of hydrogen-bond donors (Lipinski definition) is 1. The topological polar surface area (TPSA) is 55.1 Å². The Morgan fingerprint density at radius 1 is 1.83 bits per heavy atom. The Morgan fingerprint density at radius 3 is 3.08 bits per heavy atom. The van der Waals surface area contributed by atoms with Crippen LogP contribution in [0.5, 0.6) is 0 Å². The van der Waals surface area contributed by atoms with Crippen molar-refractivity contribution in [3.63, 3.8) is 0 Å². The zero-order valence-corrected chi connectivity index (χ0v) is 6.40. The van der Waals surface area contributed by atoms with Crippen molar-refractivity contribution in [2.24, 2.45) is 0 Å². The average Bonchev–Trinajstić information content (AvgIpc) is 2.48. The van der Waals surface area contributed by atoms with Crippen LogP contribution in [-0.4, -0.2) is 20.9 Å². The van der Waals surface area contributed by atoms with E-state index in [2.05, 4.69) is 11.0 Å². The molecule has 0 aliphatic carbocycles. The van der Waals surface area contributed by atoms with E-state index in [1.165, 1.54) is 17.1 Å². The largest absolute Gasteiger partial charge is 0.478 e. The van der Waals surface area contributed by atoms with Crippen molar-refractivity contribution in [3.8, 4) is 12.3 Å². The number of nitrogens with zero attached hydrogens (tertiary/aromatic N) is 2. The number of aromatic carboxylic acids is 1. The van der Waals surface area contributed by atoms with Gasteiger partial charge in [-0.05, 0) is 0 Å². The van der Waals surface area contributed by atoms with Crippen LogP contribution in [0.4, 0.5) is 0 Å². The zero-order chi connectivity index (χ0) is 8.97. The Bertz CT molecular complexity index is 322. The summed E-state index contributed by atoms with van der Waals surface area (Å²) in [6.07, 6.45) is 8.35. The standard InChI is InChI=1S/C8H8N2O2/c1-2-3-4-10-6-7(5-9-10)8(11)12/h1,5-6H,3-4H2,(H,11,12). The summed E-state index contributed by atoms with van der Waals surface area (Å²) in [5, 5.41) is 12.3. The van der Waals surface area contributed by atoms with E-state index >= 15 is 0 Å². The number of terminal acetylenes is 1. The summed E-state index contributed by atoms with van der Waals surface area (Å²) in [6, 6.07) is 0. The highest BCUT2D eigenvalue weighted by Crippen LogP contribution is 1.97. The third-order valence-corrected chi connectivity index (χ3v) is 1.37. The van der Waals surface area contributed by atoms with Gasteiger partial charge in [0.25, 0.3) is 0 Å². The van der Waals surface area contributed by atoms with Gasteiger partial charge in [-0.3, -0.25) is 4.68 Å². The molecule has 12 heavy (non-hydrogen) atoms. The fraction of sp³-hybridized carbons (Fsp3) is 0.250. The first-order valence-corrected chi connectivity index (χ1v) is 3.43. The summed E-state index contributed by atoms with van der Waals surface area (Å²) >= 11 is 0. The Balaban J connectivity index is 2.66. The maximum absolute atomic E-state index is 10.4. The van der Waals surface area contributed by atoms with Gasteiger partial charge in [-0.25, -0.2) is 4.79 Å². The van der Waals surface area contributed by atoms with Crippen LogP contribution in [-0.2, 0) is 6.54 Å². The lowest BCUT2D eigenvalue weighted by Gasteiger charge is -1.93. The number of hydrogen-bond acceptors (Lipinski definition) is 2. The van der Waals surface area contributed by atoms with E-state index in [0.717, 1.165) is 0 Å². The minimum Gasteiger partial charge on any atom is -0.478 e. The first-order chi connectivity index (χ1) is 5.74. The second-order valence-electron chi connectivity index (χ2n) is 2.25. The molecule has 0 atom stereocenters. The molecule has 1 aromatic heterocycles. The molecular formula is C8H8N2O2. The van der Waals surface area contributed by atoms with Gasteiger partial charge in [0.2, 0.25) is 0 Å². The van der Waals surface area contributed by atoms with E-state index < -0.39 is 5.97 Å². The molecule has 1 aromatic rings. The Morgan fingerprint density at radius 2 is 2.58 bits per heavy atom. The third-order valence-electron chi connectivity index (χ3n) is 1.37. The number of carboxylic acids is 1. The molecule has 0 saturated heterocycles. The molecule has 4 nitrogen and oxygen atoms in total. The van der Waals surface area contributed by atoms with Gasteiger partial charge in [0.15, 0.2) is 0 Å². The summed E-state index contributed by atoms with van der Waals surface area (Å²) in [6.45, 7) is 0.559. The van der Waals surface area contributed by atoms with Crippen LogP contribution in [0.15, 0.2) is 12.4 Å². The first-order valence-electron chi connectivity index (χ1n) is 3.43. The van der Waals surface area contributed by atoms with Crippen LogP contribution >= 0.6 is 0 Å². The molecule has 4 heteroatoms. The smallest absolute Gasteiger partial charge is 0.338 e. The number of rotatable bonds is 3. The van der Waals surface area contributed by atoms with Gasteiger partial charge < -0.3 is 5.11 Å². The Labute approximate surface area is 69.8 Å². The highest BCUT2D eigenvalue weighted by Gasteiger charge is 2.04. The number of carboxylic acid groups (broad SMARTS) is 1. The molecule has 0 aliphatic heterocycles. The third kappa shape index (κ3) is 1.86. The molecule has 0 unspecified atom stereocenters. The van der Waals surface area contributed by atoms with Gasteiger partial charge in [-0.1, -0.05) is 0 Å². The van der Waals surface area contributed by atoms with Crippen LogP contribution in [0.3, 0.4) is 0 Å². The molecule has 0 fully saturated rings. The zero-order valence-electron chi connectivity index (χ0n) is 6.40. The number of carbonyl (C=O) groups is 1. The van der Waals surface area contributed by atoms with Crippen molar-refractivity contribution < 1.29 is 9.90 Å². The molecule has 0 bridgehead atoms. The van der Waals surface area contributed by atoms with E-state index in [4.69, 9.17) is 11.5 Å².